The first-order valence-corrected chi connectivity index (χ1v) is 5.81. The van der Waals surface area contributed by atoms with Crippen molar-refractivity contribution in [1.29, 1.82) is 0 Å². The number of hydrogen-bond acceptors (Lipinski definition) is 2. The van der Waals surface area contributed by atoms with Crippen LogP contribution < -0.4 is 5.32 Å². The summed E-state index contributed by atoms with van der Waals surface area (Å²) in [6.07, 6.45) is 0.993. The molecule has 1 amide bonds. The summed E-state index contributed by atoms with van der Waals surface area (Å²) < 4.78 is 26.3. The predicted octanol–water partition coefficient (Wildman–Crippen LogP) is 3.92. The molecule has 1 aromatic heterocycles. The number of hydrogen-bond donors (Lipinski definition) is 1. The zero-order chi connectivity index (χ0) is 14.0. The topological polar surface area (TPSA) is 42.0 Å². The number of rotatable bonds is 2. The molecule has 3 nitrogen and oxygen atoms in total. The Morgan fingerprint density at radius 1 is 1.21 bits per heavy atom. The highest BCUT2D eigenvalue weighted by Gasteiger charge is 2.17. The molecule has 0 unspecified atom stereocenters. The van der Waals surface area contributed by atoms with Crippen LogP contribution in [-0.2, 0) is 0 Å². The van der Waals surface area contributed by atoms with Crippen LogP contribution in [0.3, 0.4) is 0 Å². The molecule has 0 fully saturated rings. The maximum absolute atomic E-state index is 13.4. The molecule has 2 aromatic rings. The fourth-order valence-electron chi connectivity index (χ4n) is 1.38. The van der Waals surface area contributed by atoms with E-state index in [1.165, 1.54) is 18.2 Å². The van der Waals surface area contributed by atoms with Crippen molar-refractivity contribution in [2.24, 2.45) is 0 Å². The van der Waals surface area contributed by atoms with E-state index >= 15 is 0 Å². The van der Waals surface area contributed by atoms with Gasteiger partial charge in [0.05, 0.1) is 16.3 Å². The highest BCUT2D eigenvalue weighted by atomic mass is 35.5. The first-order valence-electron chi connectivity index (χ1n) is 5.05. The molecular weight excluding hydrogens is 297 g/mol. The normalized spacial score (nSPS) is 10.3. The molecule has 0 spiro atoms. The lowest BCUT2D eigenvalue weighted by Crippen LogP contribution is -2.15. The largest absolute Gasteiger partial charge is 0.320 e. The third-order valence-electron chi connectivity index (χ3n) is 2.27. The van der Waals surface area contributed by atoms with Crippen molar-refractivity contribution in [3.05, 3.63) is 57.8 Å². The van der Waals surface area contributed by atoms with E-state index < -0.39 is 23.2 Å². The summed E-state index contributed by atoms with van der Waals surface area (Å²) in [5, 5.41) is 2.92. The maximum atomic E-state index is 13.4. The van der Waals surface area contributed by atoms with E-state index in [1.807, 2.05) is 0 Å². The van der Waals surface area contributed by atoms with Gasteiger partial charge in [-0.05, 0) is 24.3 Å². The van der Waals surface area contributed by atoms with E-state index in [2.05, 4.69) is 10.3 Å². The van der Waals surface area contributed by atoms with Crippen molar-refractivity contribution in [2.75, 3.05) is 5.32 Å². The average Bonchev–Trinajstić information content (AvgIpc) is 2.37. The summed E-state index contributed by atoms with van der Waals surface area (Å²) in [6.45, 7) is 0. The van der Waals surface area contributed by atoms with Crippen molar-refractivity contribution in [1.82, 2.24) is 4.98 Å². The fourth-order valence-corrected chi connectivity index (χ4v) is 1.71. The zero-order valence-corrected chi connectivity index (χ0v) is 10.8. The number of carbonyl (C=O) groups is 1. The molecular formula is C12H6Cl2F2N2O. The molecule has 19 heavy (non-hydrogen) atoms. The monoisotopic (exact) mass is 302 g/mol. The number of nitrogens with zero attached hydrogens (tertiary/aromatic N) is 1. The smallest absolute Gasteiger partial charge is 0.258 e. The van der Waals surface area contributed by atoms with E-state index in [1.54, 1.807) is 0 Å². The van der Waals surface area contributed by atoms with Crippen LogP contribution in [0.4, 0.5) is 14.5 Å². The van der Waals surface area contributed by atoms with Crippen LogP contribution in [-0.4, -0.2) is 10.9 Å². The number of carbonyl (C=O) groups excluding carboxylic acids is 1. The molecule has 0 radical (unpaired) electrons. The van der Waals surface area contributed by atoms with E-state index in [0.717, 1.165) is 12.3 Å². The molecule has 0 aliphatic carbocycles. The second-order valence-corrected chi connectivity index (χ2v) is 4.39. The van der Waals surface area contributed by atoms with Gasteiger partial charge in [-0.2, -0.15) is 4.39 Å². The number of halogens is 4. The second kappa shape index (κ2) is 5.50. The first kappa shape index (κ1) is 13.7. The van der Waals surface area contributed by atoms with Crippen molar-refractivity contribution < 1.29 is 13.6 Å². The molecule has 7 heteroatoms. The number of pyridine rings is 1. The van der Waals surface area contributed by atoms with Gasteiger partial charge in [0.15, 0.2) is 5.82 Å². The molecule has 0 aliphatic heterocycles. The quantitative estimate of drug-likeness (QED) is 0.854. The van der Waals surface area contributed by atoms with Crippen LogP contribution in [0.2, 0.25) is 10.0 Å². The minimum Gasteiger partial charge on any atom is -0.320 e. The Morgan fingerprint density at radius 3 is 2.68 bits per heavy atom. The molecule has 0 saturated carbocycles. The van der Waals surface area contributed by atoms with Gasteiger partial charge in [0.2, 0.25) is 5.95 Å². The van der Waals surface area contributed by atoms with Crippen LogP contribution in [0.25, 0.3) is 0 Å². The van der Waals surface area contributed by atoms with Crippen LogP contribution in [0.1, 0.15) is 10.4 Å². The van der Waals surface area contributed by atoms with Gasteiger partial charge in [0.1, 0.15) is 0 Å². The average molecular weight is 303 g/mol. The Morgan fingerprint density at radius 2 is 1.95 bits per heavy atom. The van der Waals surface area contributed by atoms with Gasteiger partial charge < -0.3 is 5.32 Å². The van der Waals surface area contributed by atoms with Crippen LogP contribution in [0.5, 0.6) is 0 Å². The van der Waals surface area contributed by atoms with Crippen LogP contribution >= 0.6 is 23.2 Å². The Labute approximate surface area is 117 Å². The van der Waals surface area contributed by atoms with Crippen molar-refractivity contribution in [3.63, 3.8) is 0 Å². The lowest BCUT2D eigenvalue weighted by molar-refractivity contribution is 0.102. The van der Waals surface area contributed by atoms with Gasteiger partial charge >= 0.3 is 0 Å². The van der Waals surface area contributed by atoms with E-state index in [0.29, 0.717) is 5.02 Å². The first-order chi connectivity index (χ1) is 8.99. The number of anilines is 1. The molecule has 0 aliphatic rings. The zero-order valence-electron chi connectivity index (χ0n) is 9.25. The summed E-state index contributed by atoms with van der Waals surface area (Å²) in [4.78, 5) is 14.9. The number of aromatic nitrogens is 1. The molecule has 1 aromatic carbocycles. The maximum Gasteiger partial charge on any atom is 0.258 e. The number of nitrogens with one attached hydrogen (secondary N) is 1. The summed E-state index contributed by atoms with van der Waals surface area (Å²) in [5.41, 5.74) is -0.265. The Balaban J connectivity index is 2.31. The molecule has 98 valence electrons. The Hall–Kier alpha value is -1.72. The minimum atomic E-state index is -1.34. The molecule has 1 N–H and O–H groups in total. The molecule has 0 bridgehead atoms. The van der Waals surface area contributed by atoms with E-state index in [4.69, 9.17) is 23.2 Å². The van der Waals surface area contributed by atoms with E-state index in [9.17, 15) is 13.6 Å². The molecule has 0 saturated heterocycles. The summed E-state index contributed by atoms with van der Waals surface area (Å²) >= 11 is 11.6. The third kappa shape index (κ3) is 3.00. The highest BCUT2D eigenvalue weighted by molar-refractivity contribution is 6.35. The van der Waals surface area contributed by atoms with Gasteiger partial charge in [0, 0.05) is 11.2 Å². The van der Waals surface area contributed by atoms with Gasteiger partial charge in [-0.1, -0.05) is 23.2 Å². The Kier molecular flexibility index (Phi) is 3.97. The molecule has 1 heterocycles. The summed E-state index contributed by atoms with van der Waals surface area (Å²) in [5.74, 6) is -3.51. The third-order valence-corrected chi connectivity index (χ3v) is 2.83. The van der Waals surface area contributed by atoms with Crippen LogP contribution in [0, 0.1) is 11.8 Å². The molecule has 0 atom stereocenters. The van der Waals surface area contributed by atoms with Gasteiger partial charge in [0.25, 0.3) is 5.91 Å². The second-order valence-electron chi connectivity index (χ2n) is 3.54. The van der Waals surface area contributed by atoms with Gasteiger partial charge in [-0.15, -0.1) is 0 Å². The minimum absolute atomic E-state index is 0.204. The molecule has 2 rings (SSSR count). The Bertz CT molecular complexity index is 650. The summed E-state index contributed by atoms with van der Waals surface area (Å²) in [7, 11) is 0. The van der Waals surface area contributed by atoms with Gasteiger partial charge in [-0.25, -0.2) is 9.37 Å². The van der Waals surface area contributed by atoms with Crippen molar-refractivity contribution in [2.45, 2.75) is 0 Å². The number of amides is 1. The summed E-state index contributed by atoms with van der Waals surface area (Å²) in [6, 6.07) is 5.47. The van der Waals surface area contributed by atoms with E-state index in [-0.39, 0.29) is 10.7 Å². The predicted molar refractivity (Wildman–Crippen MR) is 68.6 cm³/mol. The lowest BCUT2D eigenvalue weighted by atomic mass is 10.2. The lowest BCUT2D eigenvalue weighted by Gasteiger charge is -2.08. The SMILES string of the molecule is O=C(Nc1cc(Cl)ccc1Cl)c1ccnc(F)c1F. The van der Waals surface area contributed by atoms with Crippen LogP contribution in [0.15, 0.2) is 30.5 Å². The number of benzene rings is 1. The van der Waals surface area contributed by atoms with Gasteiger partial charge in [-0.3, -0.25) is 4.79 Å². The standard InChI is InChI=1S/C12H6Cl2F2N2O/c13-6-1-2-8(14)9(5-6)18-12(19)7-3-4-17-11(16)10(7)15/h1-5H,(H,18,19). The fraction of sp³-hybridized carbons (Fsp3) is 0. The van der Waals surface area contributed by atoms with Crippen molar-refractivity contribution >= 4 is 34.8 Å². The highest BCUT2D eigenvalue weighted by Crippen LogP contribution is 2.26. The van der Waals surface area contributed by atoms with Crippen molar-refractivity contribution in [3.8, 4) is 0 Å².